The lowest BCUT2D eigenvalue weighted by atomic mass is 10.1. The summed E-state index contributed by atoms with van der Waals surface area (Å²) in [5.41, 5.74) is 0.519. The van der Waals surface area contributed by atoms with Crippen LogP contribution in [0.4, 0.5) is 9.93 Å². The molecule has 21 heavy (non-hydrogen) atoms. The maximum Gasteiger partial charge on any atom is 0.321 e. The van der Waals surface area contributed by atoms with Crippen molar-refractivity contribution < 1.29 is 9.59 Å². The number of nitrogens with one attached hydrogen (secondary N) is 3. The molecule has 3 N–H and O–H groups in total. The highest BCUT2D eigenvalue weighted by atomic mass is 32.1. The number of carbonyl (C=O) groups excluding carboxylic acids is 2. The van der Waals surface area contributed by atoms with Crippen molar-refractivity contribution >= 4 is 38.6 Å². The highest BCUT2D eigenvalue weighted by molar-refractivity contribution is 7.22. The summed E-state index contributed by atoms with van der Waals surface area (Å²) >= 11 is 1.39. The van der Waals surface area contributed by atoms with Gasteiger partial charge in [0, 0.05) is 5.54 Å². The van der Waals surface area contributed by atoms with Crippen molar-refractivity contribution in [2.45, 2.75) is 26.3 Å². The lowest BCUT2D eigenvalue weighted by molar-refractivity contribution is -0.121. The largest absolute Gasteiger partial charge is 0.350 e. The zero-order valence-corrected chi connectivity index (χ0v) is 13.0. The number of nitrogens with zero attached hydrogens (tertiary/aromatic N) is 1. The molecule has 0 aliphatic heterocycles. The van der Waals surface area contributed by atoms with Gasteiger partial charge in [-0.2, -0.15) is 0 Å². The van der Waals surface area contributed by atoms with Gasteiger partial charge in [0.05, 0.1) is 16.8 Å². The summed E-state index contributed by atoms with van der Waals surface area (Å²) in [6.07, 6.45) is 0. The van der Waals surface area contributed by atoms with Crippen molar-refractivity contribution in [1.29, 1.82) is 0 Å². The number of rotatable bonds is 3. The first-order chi connectivity index (χ1) is 9.83. The van der Waals surface area contributed by atoms with Gasteiger partial charge in [0.25, 0.3) is 0 Å². The number of anilines is 1. The van der Waals surface area contributed by atoms with E-state index in [1.807, 2.05) is 45.0 Å². The van der Waals surface area contributed by atoms with Gasteiger partial charge in [-0.3, -0.25) is 10.1 Å². The van der Waals surface area contributed by atoms with Gasteiger partial charge in [0.2, 0.25) is 5.91 Å². The van der Waals surface area contributed by atoms with Crippen LogP contribution in [0.15, 0.2) is 24.3 Å². The van der Waals surface area contributed by atoms with Crippen molar-refractivity contribution in [3.8, 4) is 0 Å². The number of carbonyl (C=O) groups is 2. The zero-order valence-electron chi connectivity index (χ0n) is 12.2. The SMILES string of the molecule is CC(C)(C)NC(=O)CNC(=O)Nc1nc2ccccc2s1. The molecular formula is C14H18N4O2S. The van der Waals surface area contributed by atoms with Crippen LogP contribution in [0.25, 0.3) is 10.2 Å². The van der Waals surface area contributed by atoms with Gasteiger partial charge in [0.15, 0.2) is 5.13 Å². The average molecular weight is 306 g/mol. The Labute approximate surface area is 127 Å². The molecule has 0 atom stereocenters. The third kappa shape index (κ3) is 4.71. The number of hydrogen-bond donors (Lipinski definition) is 3. The number of fused-ring (bicyclic) bond motifs is 1. The molecule has 1 aromatic heterocycles. The van der Waals surface area contributed by atoms with E-state index in [0.717, 1.165) is 10.2 Å². The molecule has 2 rings (SSSR count). The Kier molecular flexibility index (Phi) is 4.42. The van der Waals surface area contributed by atoms with E-state index in [4.69, 9.17) is 0 Å². The third-order valence-electron chi connectivity index (χ3n) is 2.44. The van der Waals surface area contributed by atoms with Crippen LogP contribution in [0.2, 0.25) is 0 Å². The van der Waals surface area contributed by atoms with E-state index in [1.54, 1.807) is 0 Å². The fraction of sp³-hybridized carbons (Fsp3) is 0.357. The molecule has 0 radical (unpaired) electrons. The molecular weight excluding hydrogens is 288 g/mol. The molecule has 0 aliphatic rings. The quantitative estimate of drug-likeness (QED) is 0.814. The molecule has 6 nitrogen and oxygen atoms in total. The first-order valence-electron chi connectivity index (χ1n) is 6.55. The standard InChI is InChI=1S/C14H18N4O2S/c1-14(2,3)18-11(19)8-15-12(20)17-13-16-9-6-4-5-7-10(9)21-13/h4-7H,8H2,1-3H3,(H,18,19)(H2,15,16,17,20). The van der Waals surface area contributed by atoms with Gasteiger partial charge in [-0.15, -0.1) is 0 Å². The Hall–Kier alpha value is -2.15. The van der Waals surface area contributed by atoms with Crippen LogP contribution in [0, 0.1) is 0 Å². The number of aromatic nitrogens is 1. The van der Waals surface area contributed by atoms with E-state index in [2.05, 4.69) is 20.9 Å². The molecule has 7 heteroatoms. The number of benzene rings is 1. The molecule has 0 fully saturated rings. The molecule has 1 heterocycles. The summed E-state index contributed by atoms with van der Waals surface area (Å²) in [6, 6.07) is 7.18. The normalized spacial score (nSPS) is 11.2. The Morgan fingerprint density at radius 2 is 1.95 bits per heavy atom. The van der Waals surface area contributed by atoms with Crippen LogP contribution in [-0.4, -0.2) is 29.0 Å². The molecule has 2 aromatic rings. The summed E-state index contributed by atoms with van der Waals surface area (Å²) in [4.78, 5) is 27.6. The van der Waals surface area contributed by atoms with E-state index < -0.39 is 6.03 Å². The lowest BCUT2D eigenvalue weighted by Gasteiger charge is -2.20. The van der Waals surface area contributed by atoms with Gasteiger partial charge < -0.3 is 10.6 Å². The number of urea groups is 1. The smallest absolute Gasteiger partial charge is 0.321 e. The maximum absolute atomic E-state index is 11.7. The van der Waals surface area contributed by atoms with E-state index in [0.29, 0.717) is 5.13 Å². The van der Waals surface area contributed by atoms with Crippen LogP contribution in [0.5, 0.6) is 0 Å². The van der Waals surface area contributed by atoms with Crippen LogP contribution < -0.4 is 16.0 Å². The van der Waals surface area contributed by atoms with Crippen molar-refractivity contribution in [2.75, 3.05) is 11.9 Å². The molecule has 0 unspecified atom stereocenters. The second kappa shape index (κ2) is 6.09. The third-order valence-corrected chi connectivity index (χ3v) is 3.39. The second-order valence-corrected chi connectivity index (χ2v) is 6.62. The van der Waals surface area contributed by atoms with Crippen molar-refractivity contribution in [3.05, 3.63) is 24.3 Å². The average Bonchev–Trinajstić information content (AvgIpc) is 2.76. The molecule has 0 saturated heterocycles. The molecule has 0 aliphatic carbocycles. The zero-order chi connectivity index (χ0) is 15.5. The number of thiazole rings is 1. The van der Waals surface area contributed by atoms with Gasteiger partial charge in [-0.1, -0.05) is 23.5 Å². The van der Waals surface area contributed by atoms with Gasteiger partial charge in [0.1, 0.15) is 0 Å². The Bertz CT molecular complexity index is 627. The Morgan fingerprint density at radius 1 is 1.24 bits per heavy atom. The summed E-state index contributed by atoms with van der Waals surface area (Å²) in [7, 11) is 0. The predicted molar refractivity (Wildman–Crippen MR) is 84.5 cm³/mol. The van der Waals surface area contributed by atoms with Gasteiger partial charge in [-0.05, 0) is 32.9 Å². The van der Waals surface area contributed by atoms with E-state index in [1.165, 1.54) is 11.3 Å². The summed E-state index contributed by atoms with van der Waals surface area (Å²) in [5, 5.41) is 8.40. The minimum absolute atomic E-state index is 0.0754. The van der Waals surface area contributed by atoms with Crippen LogP contribution in [0.3, 0.4) is 0 Å². The van der Waals surface area contributed by atoms with Gasteiger partial charge in [-0.25, -0.2) is 9.78 Å². The Morgan fingerprint density at radius 3 is 2.62 bits per heavy atom. The highest BCUT2D eigenvalue weighted by Crippen LogP contribution is 2.25. The summed E-state index contributed by atoms with van der Waals surface area (Å²) in [6.45, 7) is 5.57. The summed E-state index contributed by atoms with van der Waals surface area (Å²) in [5.74, 6) is -0.234. The number of para-hydroxylation sites is 1. The van der Waals surface area contributed by atoms with E-state index in [-0.39, 0.29) is 18.0 Å². The summed E-state index contributed by atoms with van der Waals surface area (Å²) < 4.78 is 0.998. The van der Waals surface area contributed by atoms with Crippen molar-refractivity contribution in [3.63, 3.8) is 0 Å². The molecule has 0 bridgehead atoms. The van der Waals surface area contributed by atoms with Gasteiger partial charge >= 0.3 is 6.03 Å². The van der Waals surface area contributed by atoms with E-state index in [9.17, 15) is 9.59 Å². The number of hydrogen-bond acceptors (Lipinski definition) is 4. The van der Waals surface area contributed by atoms with Crippen molar-refractivity contribution in [2.24, 2.45) is 0 Å². The van der Waals surface area contributed by atoms with Crippen LogP contribution in [0.1, 0.15) is 20.8 Å². The Balaban J connectivity index is 1.86. The maximum atomic E-state index is 11.7. The van der Waals surface area contributed by atoms with E-state index >= 15 is 0 Å². The van der Waals surface area contributed by atoms with Crippen LogP contribution in [-0.2, 0) is 4.79 Å². The minimum Gasteiger partial charge on any atom is -0.350 e. The lowest BCUT2D eigenvalue weighted by Crippen LogP contribution is -2.46. The first-order valence-corrected chi connectivity index (χ1v) is 7.36. The molecule has 0 spiro atoms. The molecule has 3 amide bonds. The predicted octanol–water partition coefficient (Wildman–Crippen LogP) is 2.33. The monoisotopic (exact) mass is 306 g/mol. The number of amides is 3. The molecule has 0 saturated carbocycles. The highest BCUT2D eigenvalue weighted by Gasteiger charge is 2.14. The second-order valence-electron chi connectivity index (χ2n) is 5.59. The van der Waals surface area contributed by atoms with Crippen molar-refractivity contribution in [1.82, 2.24) is 15.6 Å². The van der Waals surface area contributed by atoms with Crippen LogP contribution >= 0.6 is 11.3 Å². The topological polar surface area (TPSA) is 83.1 Å². The minimum atomic E-state index is -0.446. The molecule has 112 valence electrons. The first kappa shape index (κ1) is 15.2. The molecule has 1 aromatic carbocycles. The fourth-order valence-corrected chi connectivity index (χ4v) is 2.55. The fourth-order valence-electron chi connectivity index (χ4n) is 1.69.